The van der Waals surface area contributed by atoms with E-state index in [0.717, 1.165) is 4.90 Å². The lowest BCUT2D eigenvalue weighted by molar-refractivity contribution is -0.115. The molecule has 0 saturated heterocycles. The smallest absolute Gasteiger partial charge is 0.237 e. The second-order valence-electron chi connectivity index (χ2n) is 4.19. The molecule has 1 amide bonds. The average Bonchev–Trinajstić information content (AvgIpc) is 2.44. The topological polar surface area (TPSA) is 29.1 Å². The van der Waals surface area contributed by atoms with E-state index in [-0.39, 0.29) is 16.2 Å². The Bertz CT molecular complexity index is 606. The van der Waals surface area contributed by atoms with Crippen molar-refractivity contribution in [2.24, 2.45) is 0 Å². The van der Waals surface area contributed by atoms with Crippen molar-refractivity contribution in [3.8, 4) is 0 Å². The van der Waals surface area contributed by atoms with Crippen molar-refractivity contribution in [3.05, 3.63) is 59.4 Å². The third-order valence-electron chi connectivity index (χ3n) is 2.61. The summed E-state index contributed by atoms with van der Waals surface area (Å²) in [4.78, 5) is 13.1. The Morgan fingerprint density at radius 3 is 2.60 bits per heavy atom. The average molecular weight is 310 g/mol. The summed E-state index contributed by atoms with van der Waals surface area (Å²) in [6.45, 7) is 1.82. The van der Waals surface area contributed by atoms with Crippen LogP contribution < -0.4 is 5.32 Å². The molecule has 20 heavy (non-hydrogen) atoms. The third-order valence-corrected chi connectivity index (χ3v) is 4.01. The number of thioether (sulfide) groups is 1. The minimum atomic E-state index is -0.503. The highest BCUT2D eigenvalue weighted by Gasteiger charge is 2.14. The Morgan fingerprint density at radius 2 is 1.95 bits per heavy atom. The molecule has 0 bridgehead atoms. The molecule has 0 unspecified atom stereocenters. The first-order valence-corrected chi connectivity index (χ1v) is 7.29. The first kappa shape index (κ1) is 14.9. The van der Waals surface area contributed by atoms with Gasteiger partial charge in [0.2, 0.25) is 5.91 Å². The minimum absolute atomic E-state index is 0.00818. The fourth-order valence-electron chi connectivity index (χ4n) is 1.57. The largest absolute Gasteiger partial charge is 0.325 e. The van der Waals surface area contributed by atoms with E-state index in [2.05, 4.69) is 5.32 Å². The predicted octanol–water partition coefficient (Wildman–Crippen LogP) is 4.60. The molecule has 0 aliphatic heterocycles. The van der Waals surface area contributed by atoms with Crippen molar-refractivity contribution in [1.82, 2.24) is 0 Å². The quantitative estimate of drug-likeness (QED) is 0.836. The maximum absolute atomic E-state index is 13.0. The van der Waals surface area contributed by atoms with Gasteiger partial charge in [0.25, 0.3) is 0 Å². The van der Waals surface area contributed by atoms with Gasteiger partial charge >= 0.3 is 0 Å². The lowest BCUT2D eigenvalue weighted by Crippen LogP contribution is -2.22. The number of rotatable bonds is 4. The molecule has 2 nitrogen and oxygen atoms in total. The molecule has 0 aromatic heterocycles. The summed E-state index contributed by atoms with van der Waals surface area (Å²) in [5.41, 5.74) is 0.488. The zero-order valence-electron chi connectivity index (χ0n) is 10.8. The minimum Gasteiger partial charge on any atom is -0.325 e. The molecule has 5 heteroatoms. The summed E-state index contributed by atoms with van der Waals surface area (Å²) < 4.78 is 13.0. The van der Waals surface area contributed by atoms with Crippen LogP contribution in [-0.4, -0.2) is 11.2 Å². The number of benzene rings is 2. The van der Waals surface area contributed by atoms with E-state index < -0.39 is 5.82 Å². The van der Waals surface area contributed by atoms with Crippen LogP contribution in [0.2, 0.25) is 5.02 Å². The van der Waals surface area contributed by atoms with E-state index in [1.54, 1.807) is 0 Å². The van der Waals surface area contributed by atoms with E-state index in [1.165, 1.54) is 30.0 Å². The fourth-order valence-corrected chi connectivity index (χ4v) is 2.64. The van der Waals surface area contributed by atoms with Crippen LogP contribution in [0, 0.1) is 5.82 Å². The number of hydrogen-bond acceptors (Lipinski definition) is 2. The van der Waals surface area contributed by atoms with Crippen molar-refractivity contribution in [2.45, 2.75) is 17.1 Å². The van der Waals surface area contributed by atoms with Crippen molar-refractivity contribution < 1.29 is 9.18 Å². The molecule has 0 heterocycles. The van der Waals surface area contributed by atoms with Gasteiger partial charge in [-0.25, -0.2) is 4.39 Å². The second-order valence-corrected chi connectivity index (χ2v) is 6.01. The molecule has 1 atom stereocenters. The molecule has 0 radical (unpaired) electrons. The normalized spacial score (nSPS) is 11.9. The Morgan fingerprint density at radius 1 is 1.25 bits per heavy atom. The third kappa shape index (κ3) is 3.99. The molecule has 0 spiro atoms. The van der Waals surface area contributed by atoms with E-state index in [1.807, 2.05) is 37.3 Å². The highest BCUT2D eigenvalue weighted by Crippen LogP contribution is 2.24. The number of hydrogen-bond donors (Lipinski definition) is 1. The van der Waals surface area contributed by atoms with Crippen LogP contribution in [0.15, 0.2) is 53.4 Å². The van der Waals surface area contributed by atoms with Crippen molar-refractivity contribution >= 4 is 35.0 Å². The molecule has 0 aliphatic rings. The van der Waals surface area contributed by atoms with Gasteiger partial charge in [0.15, 0.2) is 0 Å². The van der Waals surface area contributed by atoms with Gasteiger partial charge < -0.3 is 5.32 Å². The maximum atomic E-state index is 13.0. The molecular weight excluding hydrogens is 297 g/mol. The number of halogens is 2. The summed E-state index contributed by atoms with van der Waals surface area (Å²) in [6, 6.07) is 13.8. The summed E-state index contributed by atoms with van der Waals surface area (Å²) in [5.74, 6) is -0.655. The Kier molecular flexibility index (Phi) is 5.04. The van der Waals surface area contributed by atoms with Gasteiger partial charge in [0.05, 0.1) is 10.3 Å². The highest BCUT2D eigenvalue weighted by molar-refractivity contribution is 8.00. The lowest BCUT2D eigenvalue weighted by Gasteiger charge is -2.12. The Balaban J connectivity index is 1.99. The van der Waals surface area contributed by atoms with Crippen molar-refractivity contribution in [1.29, 1.82) is 0 Å². The van der Waals surface area contributed by atoms with Gasteiger partial charge in [-0.2, -0.15) is 0 Å². The first-order chi connectivity index (χ1) is 9.56. The van der Waals surface area contributed by atoms with E-state index in [4.69, 9.17) is 11.6 Å². The number of amides is 1. The zero-order valence-corrected chi connectivity index (χ0v) is 12.3. The molecule has 0 saturated carbocycles. The second kappa shape index (κ2) is 6.77. The fraction of sp³-hybridized carbons (Fsp3) is 0.133. The van der Waals surface area contributed by atoms with Gasteiger partial charge in [0, 0.05) is 10.6 Å². The summed E-state index contributed by atoms with van der Waals surface area (Å²) >= 11 is 7.13. The maximum Gasteiger partial charge on any atom is 0.237 e. The molecular formula is C15H13ClFNOS. The van der Waals surface area contributed by atoms with Gasteiger partial charge in [-0.3, -0.25) is 4.79 Å². The molecule has 104 valence electrons. The predicted molar refractivity (Wildman–Crippen MR) is 81.8 cm³/mol. The van der Waals surface area contributed by atoms with Crippen LogP contribution in [0.3, 0.4) is 0 Å². The van der Waals surface area contributed by atoms with Crippen LogP contribution in [0.4, 0.5) is 10.1 Å². The molecule has 0 aliphatic carbocycles. The van der Waals surface area contributed by atoms with E-state index in [0.29, 0.717) is 5.69 Å². The molecule has 2 aromatic rings. The van der Waals surface area contributed by atoms with Crippen LogP contribution in [-0.2, 0) is 4.79 Å². The van der Waals surface area contributed by atoms with Gasteiger partial charge in [-0.05, 0) is 37.3 Å². The number of carbonyl (C=O) groups is 1. The lowest BCUT2D eigenvalue weighted by atomic mass is 10.3. The zero-order chi connectivity index (χ0) is 14.5. The van der Waals surface area contributed by atoms with E-state index >= 15 is 0 Å². The van der Waals surface area contributed by atoms with E-state index in [9.17, 15) is 9.18 Å². The Labute approximate surface area is 126 Å². The molecule has 2 rings (SSSR count). The number of carbonyl (C=O) groups excluding carboxylic acids is 1. The number of anilines is 1. The highest BCUT2D eigenvalue weighted by atomic mass is 35.5. The van der Waals surface area contributed by atoms with Crippen molar-refractivity contribution in [2.75, 3.05) is 5.32 Å². The molecule has 2 aromatic carbocycles. The van der Waals surface area contributed by atoms with Crippen LogP contribution in [0.1, 0.15) is 6.92 Å². The summed E-state index contributed by atoms with van der Waals surface area (Å²) in [7, 11) is 0. The Hall–Kier alpha value is -1.52. The standard InChI is InChI=1S/C15H13ClFNOS/c1-10(20-12-5-3-2-4-6-12)15(19)18-11-7-8-14(17)13(16)9-11/h2-10H,1H3,(H,18,19)/t10-/m1/s1. The monoisotopic (exact) mass is 309 g/mol. The number of nitrogens with one attached hydrogen (secondary N) is 1. The van der Waals surface area contributed by atoms with Gasteiger partial charge in [-0.15, -0.1) is 11.8 Å². The van der Waals surface area contributed by atoms with Gasteiger partial charge in [0.1, 0.15) is 5.82 Å². The summed E-state index contributed by atoms with van der Waals surface area (Å²) in [5, 5.41) is 2.45. The van der Waals surface area contributed by atoms with Gasteiger partial charge in [-0.1, -0.05) is 29.8 Å². The molecule has 1 N–H and O–H groups in total. The summed E-state index contributed by atoms with van der Waals surface area (Å²) in [6.07, 6.45) is 0. The first-order valence-electron chi connectivity index (χ1n) is 6.04. The van der Waals surface area contributed by atoms with Crippen LogP contribution in [0.25, 0.3) is 0 Å². The van der Waals surface area contributed by atoms with Crippen LogP contribution in [0.5, 0.6) is 0 Å². The van der Waals surface area contributed by atoms with Crippen LogP contribution >= 0.6 is 23.4 Å². The van der Waals surface area contributed by atoms with Crippen molar-refractivity contribution in [3.63, 3.8) is 0 Å². The molecule has 0 fully saturated rings. The SMILES string of the molecule is C[C@@H](Sc1ccccc1)C(=O)Nc1ccc(F)c(Cl)c1.